The second kappa shape index (κ2) is 5.48. The Balaban J connectivity index is 1.91. The van der Waals surface area contributed by atoms with E-state index in [4.69, 9.17) is 14.3 Å². The van der Waals surface area contributed by atoms with Crippen molar-refractivity contribution in [2.45, 2.75) is 19.4 Å². The van der Waals surface area contributed by atoms with Gasteiger partial charge in [0.2, 0.25) is 0 Å². The topological polar surface area (TPSA) is 45.8 Å². The molecule has 1 fully saturated rings. The van der Waals surface area contributed by atoms with Gasteiger partial charge < -0.3 is 14.3 Å². The lowest BCUT2D eigenvalue weighted by Crippen LogP contribution is -2.38. The molecular weight excluding hydrogens is 206 g/mol. The van der Waals surface area contributed by atoms with Gasteiger partial charge in [0.15, 0.2) is 0 Å². The van der Waals surface area contributed by atoms with E-state index in [1.165, 1.54) is 0 Å². The first-order valence-corrected chi connectivity index (χ1v) is 5.81. The van der Waals surface area contributed by atoms with Crippen LogP contribution in [0.1, 0.15) is 24.0 Å². The zero-order valence-corrected chi connectivity index (χ0v) is 9.69. The van der Waals surface area contributed by atoms with Gasteiger partial charge in [-0.2, -0.15) is 0 Å². The summed E-state index contributed by atoms with van der Waals surface area (Å²) in [6.07, 6.45) is 0.866. The van der Waals surface area contributed by atoms with Crippen molar-refractivity contribution >= 4 is 0 Å². The van der Waals surface area contributed by atoms with Gasteiger partial charge in [-0.05, 0) is 25.5 Å². The maximum Gasteiger partial charge on any atom is 0.134 e. The highest BCUT2D eigenvalue weighted by molar-refractivity contribution is 5.09. The van der Waals surface area contributed by atoms with Crippen molar-refractivity contribution in [1.29, 1.82) is 0 Å². The molecule has 1 aliphatic heterocycles. The Morgan fingerprint density at radius 1 is 1.50 bits per heavy atom. The largest absolute Gasteiger partial charge is 0.464 e. The summed E-state index contributed by atoms with van der Waals surface area (Å²) in [5.74, 6) is 1.83. The van der Waals surface area contributed by atoms with Crippen molar-refractivity contribution < 1.29 is 14.3 Å². The lowest BCUT2D eigenvalue weighted by atomic mass is 10.2. The Morgan fingerprint density at radius 3 is 3.06 bits per heavy atom. The standard InChI is InChI=1S/C12H19NO3/c1-10-3-4-11(16-10)12-9-13(5-2-7-14)6-8-15-12/h3-4,12,14H,2,5-9H2,1H3. The quantitative estimate of drug-likeness (QED) is 0.840. The normalized spacial score (nSPS) is 22.5. The third kappa shape index (κ3) is 2.84. The van der Waals surface area contributed by atoms with Crippen LogP contribution in [-0.4, -0.2) is 42.9 Å². The van der Waals surface area contributed by atoms with Gasteiger partial charge in [-0.15, -0.1) is 0 Å². The zero-order valence-electron chi connectivity index (χ0n) is 9.69. The Morgan fingerprint density at radius 2 is 2.38 bits per heavy atom. The first-order chi connectivity index (χ1) is 7.79. The van der Waals surface area contributed by atoms with Crippen molar-refractivity contribution in [1.82, 2.24) is 4.90 Å². The number of aliphatic hydroxyl groups is 1. The lowest BCUT2D eigenvalue weighted by molar-refractivity contribution is -0.0413. The summed E-state index contributed by atoms with van der Waals surface area (Å²) in [5, 5.41) is 8.81. The molecule has 1 N–H and O–H groups in total. The molecule has 0 spiro atoms. The van der Waals surface area contributed by atoms with Crippen LogP contribution in [0.2, 0.25) is 0 Å². The third-order valence-electron chi connectivity index (χ3n) is 2.86. The smallest absolute Gasteiger partial charge is 0.134 e. The molecule has 1 aromatic rings. The number of nitrogens with zero attached hydrogens (tertiary/aromatic N) is 1. The number of ether oxygens (including phenoxy) is 1. The van der Waals surface area contributed by atoms with Crippen LogP contribution in [-0.2, 0) is 4.74 Å². The predicted molar refractivity (Wildman–Crippen MR) is 60.3 cm³/mol. The summed E-state index contributed by atoms with van der Waals surface area (Å²) in [6, 6.07) is 3.95. The average molecular weight is 225 g/mol. The van der Waals surface area contributed by atoms with E-state index in [2.05, 4.69) is 4.90 Å². The van der Waals surface area contributed by atoms with E-state index < -0.39 is 0 Å². The SMILES string of the molecule is Cc1ccc(C2CN(CCCO)CCO2)o1. The molecule has 0 saturated carbocycles. The van der Waals surface area contributed by atoms with Gasteiger partial charge in [0.1, 0.15) is 17.6 Å². The summed E-state index contributed by atoms with van der Waals surface area (Å²) in [6.45, 7) is 5.65. The van der Waals surface area contributed by atoms with Gasteiger partial charge in [-0.3, -0.25) is 4.90 Å². The highest BCUT2D eigenvalue weighted by Crippen LogP contribution is 2.23. The zero-order chi connectivity index (χ0) is 11.4. The summed E-state index contributed by atoms with van der Waals surface area (Å²) in [5.41, 5.74) is 0. The van der Waals surface area contributed by atoms with Crippen LogP contribution >= 0.6 is 0 Å². The Bertz CT molecular complexity index is 324. The first kappa shape index (κ1) is 11.6. The van der Waals surface area contributed by atoms with E-state index in [1.807, 2.05) is 19.1 Å². The number of aliphatic hydroxyl groups excluding tert-OH is 1. The number of rotatable bonds is 4. The second-order valence-electron chi connectivity index (χ2n) is 4.19. The molecule has 2 heterocycles. The van der Waals surface area contributed by atoms with Gasteiger partial charge in [0, 0.05) is 26.2 Å². The predicted octanol–water partition coefficient (Wildman–Crippen LogP) is 1.34. The second-order valence-corrected chi connectivity index (χ2v) is 4.19. The number of aryl methyl sites for hydroxylation is 1. The van der Waals surface area contributed by atoms with Crippen molar-refractivity contribution in [2.75, 3.05) is 32.8 Å². The van der Waals surface area contributed by atoms with Crippen LogP contribution in [0.15, 0.2) is 16.5 Å². The molecular formula is C12H19NO3. The molecule has 0 aliphatic carbocycles. The number of hydrogen-bond acceptors (Lipinski definition) is 4. The minimum absolute atomic E-state index is 0.0427. The highest BCUT2D eigenvalue weighted by atomic mass is 16.5. The molecule has 0 radical (unpaired) electrons. The van der Waals surface area contributed by atoms with E-state index in [1.54, 1.807) is 0 Å². The molecule has 16 heavy (non-hydrogen) atoms. The highest BCUT2D eigenvalue weighted by Gasteiger charge is 2.23. The van der Waals surface area contributed by atoms with Crippen molar-refractivity contribution in [2.24, 2.45) is 0 Å². The molecule has 1 atom stereocenters. The Labute approximate surface area is 95.8 Å². The number of furan rings is 1. The van der Waals surface area contributed by atoms with Crippen molar-refractivity contribution in [3.8, 4) is 0 Å². The van der Waals surface area contributed by atoms with Crippen LogP contribution in [0.3, 0.4) is 0 Å². The summed E-state index contributed by atoms with van der Waals surface area (Å²) >= 11 is 0. The molecule has 2 rings (SSSR count). The first-order valence-electron chi connectivity index (χ1n) is 5.81. The van der Waals surface area contributed by atoms with Gasteiger partial charge in [-0.1, -0.05) is 0 Å². The average Bonchev–Trinajstić information content (AvgIpc) is 2.74. The molecule has 4 heteroatoms. The summed E-state index contributed by atoms with van der Waals surface area (Å²) in [4.78, 5) is 2.31. The molecule has 0 bridgehead atoms. The molecule has 0 amide bonds. The fourth-order valence-electron chi connectivity index (χ4n) is 2.00. The molecule has 1 saturated heterocycles. The fourth-order valence-corrected chi connectivity index (χ4v) is 2.00. The van der Waals surface area contributed by atoms with E-state index >= 15 is 0 Å². The molecule has 90 valence electrons. The monoisotopic (exact) mass is 225 g/mol. The molecule has 1 aromatic heterocycles. The van der Waals surface area contributed by atoms with Crippen LogP contribution in [0.25, 0.3) is 0 Å². The van der Waals surface area contributed by atoms with Crippen molar-refractivity contribution in [3.63, 3.8) is 0 Å². The minimum Gasteiger partial charge on any atom is -0.464 e. The minimum atomic E-state index is 0.0427. The maximum absolute atomic E-state index is 8.81. The molecule has 4 nitrogen and oxygen atoms in total. The molecule has 1 aliphatic rings. The van der Waals surface area contributed by atoms with E-state index in [0.29, 0.717) is 0 Å². The van der Waals surface area contributed by atoms with Gasteiger partial charge in [-0.25, -0.2) is 0 Å². The van der Waals surface area contributed by atoms with Crippen LogP contribution < -0.4 is 0 Å². The van der Waals surface area contributed by atoms with Crippen LogP contribution in [0.4, 0.5) is 0 Å². The summed E-state index contributed by atoms with van der Waals surface area (Å²) in [7, 11) is 0. The Kier molecular flexibility index (Phi) is 3.98. The number of morpholine rings is 1. The van der Waals surface area contributed by atoms with Crippen LogP contribution in [0.5, 0.6) is 0 Å². The maximum atomic E-state index is 8.81. The number of hydrogen-bond donors (Lipinski definition) is 1. The summed E-state index contributed by atoms with van der Waals surface area (Å²) < 4.78 is 11.3. The van der Waals surface area contributed by atoms with Gasteiger partial charge >= 0.3 is 0 Å². The Hall–Kier alpha value is -0.840. The van der Waals surface area contributed by atoms with Crippen LogP contribution in [0, 0.1) is 6.92 Å². The third-order valence-corrected chi connectivity index (χ3v) is 2.86. The van der Waals surface area contributed by atoms with E-state index in [9.17, 15) is 0 Å². The van der Waals surface area contributed by atoms with Crippen molar-refractivity contribution in [3.05, 3.63) is 23.7 Å². The lowest BCUT2D eigenvalue weighted by Gasteiger charge is -2.31. The van der Waals surface area contributed by atoms with Gasteiger partial charge in [0.25, 0.3) is 0 Å². The molecule has 0 aromatic carbocycles. The van der Waals surface area contributed by atoms with E-state index in [-0.39, 0.29) is 12.7 Å². The van der Waals surface area contributed by atoms with E-state index in [0.717, 1.165) is 44.2 Å². The van der Waals surface area contributed by atoms with Gasteiger partial charge in [0.05, 0.1) is 6.61 Å². The fraction of sp³-hybridized carbons (Fsp3) is 0.667. The molecule has 1 unspecified atom stereocenters.